The van der Waals surface area contributed by atoms with E-state index < -0.39 is 5.97 Å². The van der Waals surface area contributed by atoms with Gasteiger partial charge in [0, 0.05) is 5.69 Å². The summed E-state index contributed by atoms with van der Waals surface area (Å²) in [4.78, 5) is 33.7. The Kier molecular flexibility index (Phi) is 5.44. The fourth-order valence-corrected chi connectivity index (χ4v) is 4.61. The lowest BCUT2D eigenvalue weighted by Crippen LogP contribution is -2.20. The van der Waals surface area contributed by atoms with E-state index in [1.807, 2.05) is 6.92 Å². The van der Waals surface area contributed by atoms with Gasteiger partial charge in [-0.3, -0.25) is 0 Å². The normalized spacial score (nSPS) is 14.7. The molecular weight excluding hydrogens is 390 g/mol. The molecule has 1 aromatic carbocycles. The number of aromatic nitrogens is 2. The fraction of sp³-hybridized carbons (Fsp3) is 0.333. The Bertz CT molecular complexity index is 1060. The van der Waals surface area contributed by atoms with E-state index >= 15 is 0 Å². The molecule has 29 heavy (non-hydrogen) atoms. The highest BCUT2D eigenvalue weighted by Gasteiger charge is 2.24. The molecule has 1 fully saturated rings. The van der Waals surface area contributed by atoms with Crippen molar-refractivity contribution in [3.8, 4) is 0 Å². The molecule has 8 heteroatoms. The van der Waals surface area contributed by atoms with E-state index in [0.29, 0.717) is 21.2 Å². The number of ether oxygens (including phenoxy) is 1. The van der Waals surface area contributed by atoms with Crippen molar-refractivity contribution in [2.75, 3.05) is 5.32 Å². The highest BCUT2D eigenvalue weighted by Crippen LogP contribution is 2.35. The Morgan fingerprint density at radius 1 is 1.14 bits per heavy atom. The van der Waals surface area contributed by atoms with Crippen molar-refractivity contribution in [1.82, 2.24) is 9.97 Å². The first-order valence-corrected chi connectivity index (χ1v) is 10.4. The first-order chi connectivity index (χ1) is 14.0. The lowest BCUT2D eigenvalue weighted by molar-refractivity contribution is 0.0216. The molecular formula is C21H21N3O4S. The van der Waals surface area contributed by atoms with Crippen LogP contribution in [0.2, 0.25) is 0 Å². The second-order valence-corrected chi connectivity index (χ2v) is 8.13. The second-order valence-electron chi connectivity index (χ2n) is 7.13. The molecule has 0 bridgehead atoms. The summed E-state index contributed by atoms with van der Waals surface area (Å²) in [6.45, 7) is 1.87. The van der Waals surface area contributed by atoms with Crippen LogP contribution in [0.25, 0.3) is 10.2 Å². The summed E-state index contributed by atoms with van der Waals surface area (Å²) in [5, 5.41) is 13.0. The molecule has 0 unspecified atom stereocenters. The third kappa shape index (κ3) is 4.07. The average molecular weight is 411 g/mol. The zero-order valence-electron chi connectivity index (χ0n) is 16.0. The number of hydrogen-bond donors (Lipinski definition) is 2. The van der Waals surface area contributed by atoms with Crippen molar-refractivity contribution < 1.29 is 19.4 Å². The number of carbonyl (C=O) groups is 2. The Labute approximate surface area is 171 Å². The van der Waals surface area contributed by atoms with Crippen LogP contribution in [-0.4, -0.2) is 33.1 Å². The summed E-state index contributed by atoms with van der Waals surface area (Å²) < 4.78 is 5.73. The predicted octanol–water partition coefficient (Wildman–Crippen LogP) is 4.93. The van der Waals surface area contributed by atoms with E-state index in [9.17, 15) is 9.59 Å². The molecule has 2 aromatic heterocycles. The molecule has 0 radical (unpaired) electrons. The minimum Gasteiger partial charge on any atom is -0.478 e. The molecule has 1 aliphatic carbocycles. The van der Waals surface area contributed by atoms with Crippen LogP contribution < -0.4 is 5.32 Å². The van der Waals surface area contributed by atoms with Gasteiger partial charge in [-0.1, -0.05) is 6.42 Å². The summed E-state index contributed by atoms with van der Waals surface area (Å²) >= 11 is 1.31. The van der Waals surface area contributed by atoms with Gasteiger partial charge in [-0.2, -0.15) is 0 Å². The lowest BCUT2D eigenvalue weighted by atomic mass is 9.98. The number of nitrogens with zero attached hydrogens (tertiary/aromatic N) is 2. The van der Waals surface area contributed by atoms with E-state index in [-0.39, 0.29) is 17.6 Å². The maximum atomic E-state index is 12.7. The maximum Gasteiger partial charge on any atom is 0.348 e. The zero-order valence-corrected chi connectivity index (χ0v) is 16.8. The molecule has 4 rings (SSSR count). The van der Waals surface area contributed by atoms with E-state index in [0.717, 1.165) is 36.6 Å². The van der Waals surface area contributed by atoms with Gasteiger partial charge in [-0.25, -0.2) is 19.6 Å². The standard InChI is InChI=1S/C21H21N3O4S/c1-12-16-18(24-14-9-7-13(8-10-14)20(25)26)22-11-23-19(16)29-17(12)21(27)28-15-5-3-2-4-6-15/h7-11,15H,2-6H2,1H3,(H,25,26)(H,22,23,24). The summed E-state index contributed by atoms with van der Waals surface area (Å²) in [5.41, 5.74) is 1.70. The van der Waals surface area contributed by atoms with Crippen LogP contribution >= 0.6 is 11.3 Å². The van der Waals surface area contributed by atoms with Gasteiger partial charge in [0.2, 0.25) is 0 Å². The largest absolute Gasteiger partial charge is 0.478 e. The van der Waals surface area contributed by atoms with Gasteiger partial charge in [-0.05, 0) is 62.4 Å². The van der Waals surface area contributed by atoms with Crippen molar-refractivity contribution >= 4 is 45.0 Å². The van der Waals surface area contributed by atoms with Gasteiger partial charge in [0.05, 0.1) is 10.9 Å². The van der Waals surface area contributed by atoms with Crippen LogP contribution in [0.15, 0.2) is 30.6 Å². The van der Waals surface area contributed by atoms with Crippen molar-refractivity contribution in [2.45, 2.75) is 45.1 Å². The molecule has 2 N–H and O–H groups in total. The number of thiophene rings is 1. The number of anilines is 2. The third-order valence-corrected chi connectivity index (χ3v) is 6.31. The van der Waals surface area contributed by atoms with Crippen LogP contribution in [0, 0.1) is 6.92 Å². The average Bonchev–Trinajstić information content (AvgIpc) is 3.07. The predicted molar refractivity (Wildman–Crippen MR) is 111 cm³/mol. The van der Waals surface area contributed by atoms with Gasteiger partial charge >= 0.3 is 11.9 Å². The SMILES string of the molecule is Cc1c(C(=O)OC2CCCCC2)sc2ncnc(Nc3ccc(C(=O)O)cc3)c12. The topological polar surface area (TPSA) is 101 Å². The van der Waals surface area contributed by atoms with Gasteiger partial charge < -0.3 is 15.2 Å². The molecule has 0 amide bonds. The molecule has 0 atom stereocenters. The molecule has 0 saturated heterocycles. The second kappa shape index (κ2) is 8.16. The first-order valence-electron chi connectivity index (χ1n) is 9.58. The quantitative estimate of drug-likeness (QED) is 0.574. The number of aromatic carboxylic acids is 1. The van der Waals surface area contributed by atoms with E-state index in [1.165, 1.54) is 36.2 Å². The number of carboxylic acid groups (broad SMARTS) is 1. The molecule has 1 aliphatic rings. The molecule has 0 aliphatic heterocycles. The van der Waals surface area contributed by atoms with Gasteiger partial charge in [0.25, 0.3) is 0 Å². The van der Waals surface area contributed by atoms with Crippen LogP contribution in [-0.2, 0) is 4.74 Å². The molecule has 1 saturated carbocycles. The summed E-state index contributed by atoms with van der Waals surface area (Å²) in [6, 6.07) is 6.40. The highest BCUT2D eigenvalue weighted by atomic mass is 32.1. The van der Waals surface area contributed by atoms with Crippen LogP contribution in [0.3, 0.4) is 0 Å². The van der Waals surface area contributed by atoms with Crippen molar-refractivity contribution in [1.29, 1.82) is 0 Å². The monoisotopic (exact) mass is 411 g/mol. The minimum absolute atomic E-state index is 0.00251. The summed E-state index contributed by atoms with van der Waals surface area (Å²) in [7, 11) is 0. The molecule has 0 spiro atoms. The molecule has 3 aromatic rings. The fourth-order valence-electron chi connectivity index (χ4n) is 3.58. The number of esters is 1. The molecule has 150 valence electrons. The Morgan fingerprint density at radius 3 is 2.55 bits per heavy atom. The van der Waals surface area contributed by atoms with Crippen LogP contribution in [0.5, 0.6) is 0 Å². The van der Waals surface area contributed by atoms with E-state index in [1.54, 1.807) is 12.1 Å². The number of aryl methyl sites for hydroxylation is 1. The Balaban J connectivity index is 1.60. The highest BCUT2D eigenvalue weighted by molar-refractivity contribution is 7.20. The number of rotatable bonds is 5. The number of carbonyl (C=O) groups excluding carboxylic acids is 1. The summed E-state index contributed by atoms with van der Waals surface area (Å²) in [6.07, 6.45) is 6.70. The number of fused-ring (bicyclic) bond motifs is 1. The Morgan fingerprint density at radius 2 is 1.86 bits per heavy atom. The minimum atomic E-state index is -0.976. The van der Waals surface area contributed by atoms with Crippen molar-refractivity contribution in [3.05, 3.63) is 46.6 Å². The van der Waals surface area contributed by atoms with E-state index in [2.05, 4.69) is 15.3 Å². The van der Waals surface area contributed by atoms with Crippen molar-refractivity contribution in [3.63, 3.8) is 0 Å². The van der Waals surface area contributed by atoms with Gasteiger partial charge in [0.1, 0.15) is 28.0 Å². The smallest absolute Gasteiger partial charge is 0.348 e. The van der Waals surface area contributed by atoms with Crippen LogP contribution in [0.4, 0.5) is 11.5 Å². The first kappa shape index (κ1) is 19.3. The molecule has 7 nitrogen and oxygen atoms in total. The van der Waals surface area contributed by atoms with Gasteiger partial charge in [-0.15, -0.1) is 11.3 Å². The maximum absolute atomic E-state index is 12.7. The number of carboxylic acids is 1. The van der Waals surface area contributed by atoms with Crippen molar-refractivity contribution in [2.24, 2.45) is 0 Å². The number of hydrogen-bond acceptors (Lipinski definition) is 7. The van der Waals surface area contributed by atoms with Crippen LogP contribution in [0.1, 0.15) is 57.7 Å². The summed E-state index contributed by atoms with van der Waals surface area (Å²) in [5.74, 6) is -0.700. The third-order valence-electron chi connectivity index (χ3n) is 5.13. The zero-order chi connectivity index (χ0) is 20.4. The molecule has 2 heterocycles. The van der Waals surface area contributed by atoms with Gasteiger partial charge in [0.15, 0.2) is 0 Å². The Hall–Kier alpha value is -3.00. The number of benzene rings is 1. The lowest BCUT2D eigenvalue weighted by Gasteiger charge is -2.21. The van der Waals surface area contributed by atoms with E-state index in [4.69, 9.17) is 9.84 Å². The number of nitrogens with one attached hydrogen (secondary N) is 1.